The highest BCUT2D eigenvalue weighted by molar-refractivity contribution is 6.05. The summed E-state index contributed by atoms with van der Waals surface area (Å²) in [7, 11) is 4.10. The first-order valence-electron chi connectivity index (χ1n) is 8.54. The average molecular weight is 308 g/mol. The van der Waals surface area contributed by atoms with E-state index in [9.17, 15) is 0 Å². The average Bonchev–Trinajstić information content (AvgIpc) is 3.35. The first-order valence-corrected chi connectivity index (χ1v) is 8.54. The predicted molar refractivity (Wildman–Crippen MR) is 93.6 cm³/mol. The monoisotopic (exact) mass is 308 g/mol. The molecule has 120 valence electrons. The molecule has 1 fully saturated rings. The molecule has 0 bridgehead atoms. The number of fused-ring (bicyclic) bond motifs is 5. The zero-order chi connectivity index (χ0) is 15.8. The topological polar surface area (TPSA) is 24.8 Å². The first-order chi connectivity index (χ1) is 11.3. The van der Waals surface area contributed by atoms with Crippen LogP contribution in [0, 0.1) is 17.8 Å². The summed E-state index contributed by atoms with van der Waals surface area (Å²) in [5.41, 5.74) is 3.86. The number of likely N-dealkylation sites (N-methyl/N-ethyl adjacent to an activating group) is 1. The second-order valence-corrected chi connectivity index (χ2v) is 7.08. The zero-order valence-corrected chi connectivity index (χ0v) is 13.9. The van der Waals surface area contributed by atoms with Crippen LogP contribution in [0.5, 0.6) is 0 Å². The number of hydrogen-bond acceptors (Lipinski definition) is 3. The molecule has 1 aromatic rings. The normalized spacial score (nSPS) is 32.2. The van der Waals surface area contributed by atoms with Crippen molar-refractivity contribution in [3.8, 4) is 0 Å². The summed E-state index contributed by atoms with van der Waals surface area (Å²) < 4.78 is 0. The maximum Gasteiger partial charge on any atom is 0.129 e. The van der Waals surface area contributed by atoms with Crippen molar-refractivity contribution in [2.45, 2.75) is 12.3 Å². The fourth-order valence-electron chi connectivity index (χ4n) is 3.99. The molecule has 0 radical (unpaired) electrons. The van der Waals surface area contributed by atoms with Crippen LogP contribution in [0.3, 0.4) is 0 Å². The molecule has 0 aromatic heterocycles. The van der Waals surface area contributed by atoms with Gasteiger partial charge in [-0.1, -0.05) is 53.7 Å². The van der Waals surface area contributed by atoms with E-state index in [2.05, 4.69) is 72.7 Å². The minimum Gasteiger partial charge on any atom is -0.394 e. The van der Waals surface area contributed by atoms with Gasteiger partial charge in [-0.25, -0.2) is 0 Å². The molecule has 23 heavy (non-hydrogen) atoms. The van der Waals surface area contributed by atoms with Gasteiger partial charge in [0.1, 0.15) is 6.61 Å². The van der Waals surface area contributed by atoms with Crippen molar-refractivity contribution in [3.63, 3.8) is 0 Å². The molecule has 1 aromatic carbocycles. The smallest absolute Gasteiger partial charge is 0.129 e. The third-order valence-corrected chi connectivity index (χ3v) is 5.26. The van der Waals surface area contributed by atoms with Crippen LogP contribution in [0.2, 0.25) is 0 Å². The van der Waals surface area contributed by atoms with Crippen LogP contribution in [0.1, 0.15) is 23.5 Å². The molecule has 0 amide bonds. The highest BCUT2D eigenvalue weighted by Crippen LogP contribution is 2.58. The summed E-state index contributed by atoms with van der Waals surface area (Å²) in [6, 6.07) is 8.77. The van der Waals surface area contributed by atoms with Gasteiger partial charge >= 0.3 is 0 Å². The van der Waals surface area contributed by atoms with Crippen molar-refractivity contribution in [1.82, 2.24) is 4.90 Å². The van der Waals surface area contributed by atoms with E-state index < -0.39 is 0 Å². The molecular formula is C20H24N2O. The van der Waals surface area contributed by atoms with Crippen molar-refractivity contribution in [2.75, 3.05) is 27.2 Å². The van der Waals surface area contributed by atoms with Crippen molar-refractivity contribution in [3.05, 3.63) is 59.7 Å². The molecule has 4 unspecified atom stereocenters. The molecule has 4 rings (SSSR count). The SMILES string of the molecule is CN(C)CCON=C1c2ccccc2C2CC2C2C=CC=CC12. The summed E-state index contributed by atoms with van der Waals surface area (Å²) in [6.07, 6.45) is 10.3. The molecule has 0 saturated heterocycles. The van der Waals surface area contributed by atoms with Crippen LogP contribution in [0.15, 0.2) is 53.7 Å². The Balaban J connectivity index is 1.68. The molecule has 0 N–H and O–H groups in total. The Kier molecular flexibility index (Phi) is 3.82. The zero-order valence-electron chi connectivity index (χ0n) is 13.9. The van der Waals surface area contributed by atoms with Gasteiger partial charge in [-0.05, 0) is 43.8 Å². The second-order valence-electron chi connectivity index (χ2n) is 7.08. The van der Waals surface area contributed by atoms with Gasteiger partial charge in [0, 0.05) is 18.0 Å². The second kappa shape index (κ2) is 5.97. The van der Waals surface area contributed by atoms with Crippen LogP contribution in [-0.4, -0.2) is 37.9 Å². The number of rotatable bonds is 4. The first kappa shape index (κ1) is 14.7. The maximum absolute atomic E-state index is 5.68. The Bertz CT molecular complexity index is 674. The maximum atomic E-state index is 5.68. The summed E-state index contributed by atoms with van der Waals surface area (Å²) in [6.45, 7) is 1.51. The number of benzene rings is 1. The standard InChI is InChI=1S/C20H24N2O/c1-22(2)11-12-23-21-20-16-9-5-3-7-14(16)18-13-19(18)15-8-4-6-10-17(15)20/h3-10,14,16,18-19H,11-13H2,1-2H3. The third-order valence-electron chi connectivity index (χ3n) is 5.26. The fraction of sp³-hybridized carbons (Fsp3) is 0.450. The largest absolute Gasteiger partial charge is 0.394 e. The molecular weight excluding hydrogens is 284 g/mol. The van der Waals surface area contributed by atoms with Crippen LogP contribution in [-0.2, 0) is 4.84 Å². The lowest BCUT2D eigenvalue weighted by Crippen LogP contribution is -2.24. The Morgan fingerprint density at radius 3 is 2.87 bits per heavy atom. The van der Waals surface area contributed by atoms with Crippen LogP contribution >= 0.6 is 0 Å². The number of allylic oxidation sites excluding steroid dienone is 4. The molecule has 3 nitrogen and oxygen atoms in total. The minimum atomic E-state index is 0.345. The van der Waals surface area contributed by atoms with Gasteiger partial charge in [0.2, 0.25) is 0 Å². The Hall–Kier alpha value is -1.87. The molecule has 1 saturated carbocycles. The molecule has 4 atom stereocenters. The van der Waals surface area contributed by atoms with Crippen molar-refractivity contribution in [2.24, 2.45) is 22.9 Å². The summed E-state index contributed by atoms with van der Waals surface area (Å²) in [5, 5.41) is 4.60. The van der Waals surface area contributed by atoms with Crippen molar-refractivity contribution < 1.29 is 4.84 Å². The van der Waals surface area contributed by atoms with Crippen LogP contribution in [0.25, 0.3) is 0 Å². The molecule has 3 aliphatic rings. The van der Waals surface area contributed by atoms with Gasteiger partial charge in [0.25, 0.3) is 0 Å². The van der Waals surface area contributed by atoms with Crippen LogP contribution < -0.4 is 0 Å². The Morgan fingerprint density at radius 1 is 1.17 bits per heavy atom. The lowest BCUT2D eigenvalue weighted by molar-refractivity contribution is 0.124. The number of hydrogen-bond donors (Lipinski definition) is 0. The summed E-state index contributed by atoms with van der Waals surface area (Å²) in [5.74, 6) is 2.37. The van der Waals surface area contributed by atoms with E-state index in [1.165, 1.54) is 17.5 Å². The Morgan fingerprint density at radius 2 is 2.00 bits per heavy atom. The molecule has 0 spiro atoms. The lowest BCUT2D eigenvalue weighted by Gasteiger charge is -2.24. The lowest BCUT2D eigenvalue weighted by atomic mass is 9.81. The third kappa shape index (κ3) is 2.74. The quantitative estimate of drug-likeness (QED) is 0.629. The molecule has 0 aliphatic heterocycles. The van der Waals surface area contributed by atoms with Gasteiger partial charge in [-0.3, -0.25) is 0 Å². The summed E-state index contributed by atoms with van der Waals surface area (Å²) in [4.78, 5) is 7.80. The van der Waals surface area contributed by atoms with E-state index in [-0.39, 0.29) is 0 Å². The van der Waals surface area contributed by atoms with E-state index in [1.807, 2.05) is 0 Å². The highest BCUT2D eigenvalue weighted by atomic mass is 16.6. The van der Waals surface area contributed by atoms with Gasteiger partial charge < -0.3 is 9.74 Å². The highest BCUT2D eigenvalue weighted by Gasteiger charge is 2.50. The molecule has 0 heterocycles. The minimum absolute atomic E-state index is 0.345. The number of nitrogens with zero attached hydrogens (tertiary/aromatic N) is 2. The van der Waals surface area contributed by atoms with E-state index in [0.29, 0.717) is 24.4 Å². The van der Waals surface area contributed by atoms with Gasteiger partial charge in [0.05, 0.1) is 5.71 Å². The number of oxime groups is 1. The van der Waals surface area contributed by atoms with E-state index in [4.69, 9.17) is 4.84 Å². The van der Waals surface area contributed by atoms with Crippen molar-refractivity contribution >= 4 is 5.71 Å². The van der Waals surface area contributed by atoms with Gasteiger partial charge in [0.15, 0.2) is 0 Å². The van der Waals surface area contributed by atoms with Gasteiger partial charge in [-0.2, -0.15) is 0 Å². The van der Waals surface area contributed by atoms with Crippen LogP contribution in [0.4, 0.5) is 0 Å². The Labute approximate surface area is 138 Å². The molecule has 3 heteroatoms. The van der Waals surface area contributed by atoms with E-state index in [0.717, 1.165) is 18.2 Å². The predicted octanol–water partition coefficient (Wildman–Crippen LogP) is 3.44. The van der Waals surface area contributed by atoms with Crippen molar-refractivity contribution in [1.29, 1.82) is 0 Å². The van der Waals surface area contributed by atoms with Gasteiger partial charge in [-0.15, -0.1) is 0 Å². The van der Waals surface area contributed by atoms with E-state index >= 15 is 0 Å². The molecule has 3 aliphatic carbocycles. The fourth-order valence-corrected chi connectivity index (χ4v) is 3.99. The van der Waals surface area contributed by atoms with E-state index in [1.54, 1.807) is 0 Å². The summed E-state index contributed by atoms with van der Waals surface area (Å²) >= 11 is 0.